The Morgan fingerprint density at radius 2 is 1.03 bits per heavy atom. The maximum absolute atomic E-state index is 12.8. The summed E-state index contributed by atoms with van der Waals surface area (Å²) in [6.07, 6.45) is 40.6. The molecule has 6 unspecified atom stereocenters. The van der Waals surface area contributed by atoms with Gasteiger partial charge in [0.2, 0.25) is 0 Å². The number of hydrogen-bond donors (Lipinski definition) is 4. The van der Waals surface area contributed by atoms with Crippen LogP contribution in [0.3, 0.4) is 0 Å². The summed E-state index contributed by atoms with van der Waals surface area (Å²) in [6.45, 7) is 3.56. The fourth-order valence-corrected chi connectivity index (χ4v) is 7.08. The zero-order valence-electron chi connectivity index (χ0n) is 37.7. The van der Waals surface area contributed by atoms with Crippen LogP contribution in [0.1, 0.15) is 155 Å². The van der Waals surface area contributed by atoms with Gasteiger partial charge in [-0.2, -0.15) is 8.42 Å². The number of unbranched alkanes of at least 4 members (excludes halogenated alkanes) is 11. The molecule has 62 heavy (non-hydrogen) atoms. The van der Waals surface area contributed by atoms with E-state index in [9.17, 15) is 37.9 Å². The fourth-order valence-electron chi connectivity index (χ4n) is 6.39. The van der Waals surface area contributed by atoms with Gasteiger partial charge in [0.1, 0.15) is 36.8 Å². The molecule has 0 aromatic heterocycles. The third kappa shape index (κ3) is 32.5. The van der Waals surface area contributed by atoms with Crippen LogP contribution in [0.4, 0.5) is 0 Å². The van der Waals surface area contributed by atoms with Gasteiger partial charge in [-0.3, -0.25) is 14.1 Å². The molecule has 1 fully saturated rings. The van der Waals surface area contributed by atoms with Crippen molar-refractivity contribution < 1.29 is 56.8 Å². The monoisotopic (exact) mass is 893 g/mol. The number of rotatable bonds is 37. The van der Waals surface area contributed by atoms with E-state index in [-0.39, 0.29) is 19.4 Å². The Morgan fingerprint density at radius 3 is 1.56 bits per heavy atom. The molecule has 0 spiro atoms. The molecule has 1 aliphatic heterocycles. The first-order valence-electron chi connectivity index (χ1n) is 23.1. The second kappa shape index (κ2) is 38.3. The predicted molar refractivity (Wildman–Crippen MR) is 247 cm³/mol. The van der Waals surface area contributed by atoms with E-state index in [0.29, 0.717) is 19.3 Å². The van der Waals surface area contributed by atoms with E-state index < -0.39 is 71.2 Å². The second-order valence-corrected chi connectivity index (χ2v) is 17.2. The summed E-state index contributed by atoms with van der Waals surface area (Å²) in [4.78, 5) is 25.4. The lowest BCUT2D eigenvalue weighted by atomic mass is 10.00. The normalized spacial score (nSPS) is 20.6. The number of ether oxygens (including phenoxy) is 4. The Kier molecular flexibility index (Phi) is 35.1. The van der Waals surface area contributed by atoms with Crippen molar-refractivity contribution in [1.29, 1.82) is 0 Å². The number of aliphatic hydroxyl groups excluding tert-OH is 3. The highest BCUT2D eigenvalue weighted by molar-refractivity contribution is 7.85. The standard InChI is InChI=1S/C49H80O12S/c1-3-5-7-9-11-13-15-17-19-21-23-25-27-29-31-33-35-37-44(50)58-39-42(40-59-49-48(54)47(53)46(52)43(61-49)41-62(55,56)57)60-45(51)38-36-34-32-30-28-26-24-22-20-18-16-14-12-10-8-6-4-2/h6,8,11-14,17-20,24,26,30,32,42-43,46-49,52-54H,3-5,7,9-10,15-16,21-23,25,27-29,31,33-41H2,1-2H3,(H,55,56,57)/b8-6-,13-11-,14-12-,19-17-,20-18-,26-24-,32-30-. The number of esters is 2. The smallest absolute Gasteiger partial charge is 0.306 e. The Balaban J connectivity index is 2.49. The van der Waals surface area contributed by atoms with E-state index in [1.54, 1.807) is 0 Å². The topological polar surface area (TPSA) is 186 Å². The van der Waals surface area contributed by atoms with Crippen LogP contribution in [0.15, 0.2) is 85.1 Å². The maximum Gasteiger partial charge on any atom is 0.306 e. The summed E-state index contributed by atoms with van der Waals surface area (Å²) >= 11 is 0. The zero-order valence-corrected chi connectivity index (χ0v) is 38.5. The van der Waals surface area contributed by atoms with Crippen molar-refractivity contribution in [2.75, 3.05) is 19.0 Å². The van der Waals surface area contributed by atoms with Gasteiger partial charge in [-0.05, 0) is 83.5 Å². The lowest BCUT2D eigenvalue weighted by Crippen LogP contribution is -2.60. The van der Waals surface area contributed by atoms with Crippen LogP contribution in [0.5, 0.6) is 0 Å². The Hall–Kier alpha value is -3.17. The van der Waals surface area contributed by atoms with Crippen LogP contribution in [0.25, 0.3) is 0 Å². The molecule has 0 aliphatic carbocycles. The molecule has 0 aromatic carbocycles. The predicted octanol–water partition coefficient (Wildman–Crippen LogP) is 9.67. The van der Waals surface area contributed by atoms with Gasteiger partial charge in [0.15, 0.2) is 12.4 Å². The zero-order chi connectivity index (χ0) is 45.5. The number of hydrogen-bond acceptors (Lipinski definition) is 11. The van der Waals surface area contributed by atoms with Gasteiger partial charge in [-0.1, -0.05) is 144 Å². The molecule has 0 aromatic rings. The first kappa shape index (κ1) is 56.8. The summed E-state index contributed by atoms with van der Waals surface area (Å²) in [5, 5.41) is 30.9. The fraction of sp³-hybridized carbons (Fsp3) is 0.673. The van der Waals surface area contributed by atoms with Crippen molar-refractivity contribution in [3.05, 3.63) is 85.1 Å². The van der Waals surface area contributed by atoms with E-state index >= 15 is 0 Å². The largest absolute Gasteiger partial charge is 0.462 e. The lowest BCUT2D eigenvalue weighted by Gasteiger charge is -2.40. The van der Waals surface area contributed by atoms with Crippen molar-refractivity contribution in [2.45, 2.75) is 192 Å². The lowest BCUT2D eigenvalue weighted by molar-refractivity contribution is -0.297. The van der Waals surface area contributed by atoms with Gasteiger partial charge >= 0.3 is 11.9 Å². The van der Waals surface area contributed by atoms with Gasteiger partial charge in [0, 0.05) is 12.8 Å². The molecule has 0 saturated carbocycles. The van der Waals surface area contributed by atoms with Crippen LogP contribution >= 0.6 is 0 Å². The highest BCUT2D eigenvalue weighted by Gasteiger charge is 2.46. The van der Waals surface area contributed by atoms with E-state index in [1.165, 1.54) is 38.5 Å². The molecule has 6 atom stereocenters. The molecule has 12 nitrogen and oxygen atoms in total. The molecule has 1 saturated heterocycles. The van der Waals surface area contributed by atoms with Gasteiger partial charge in [-0.25, -0.2) is 0 Å². The second-order valence-electron chi connectivity index (χ2n) is 15.7. The van der Waals surface area contributed by atoms with E-state index in [1.807, 2.05) is 12.2 Å². The molecule has 354 valence electrons. The summed E-state index contributed by atoms with van der Waals surface area (Å²) in [6, 6.07) is 0. The van der Waals surface area contributed by atoms with Crippen LogP contribution in [0.2, 0.25) is 0 Å². The first-order chi connectivity index (χ1) is 30.0. The minimum atomic E-state index is -4.62. The molecule has 0 bridgehead atoms. The van der Waals surface area contributed by atoms with Crippen LogP contribution in [0, 0.1) is 0 Å². The Morgan fingerprint density at radius 1 is 0.565 bits per heavy atom. The molecule has 0 amide bonds. The van der Waals surface area contributed by atoms with Crippen molar-refractivity contribution in [3.8, 4) is 0 Å². The van der Waals surface area contributed by atoms with Gasteiger partial charge in [-0.15, -0.1) is 0 Å². The van der Waals surface area contributed by atoms with Crippen molar-refractivity contribution in [3.63, 3.8) is 0 Å². The summed E-state index contributed by atoms with van der Waals surface area (Å²) in [5.74, 6) is -2.08. The maximum atomic E-state index is 12.8. The van der Waals surface area contributed by atoms with Crippen LogP contribution < -0.4 is 0 Å². The number of carbonyl (C=O) groups is 2. The van der Waals surface area contributed by atoms with Crippen molar-refractivity contribution >= 4 is 22.1 Å². The molecule has 1 rings (SSSR count). The minimum Gasteiger partial charge on any atom is -0.462 e. The van der Waals surface area contributed by atoms with E-state index in [2.05, 4.69) is 86.8 Å². The highest BCUT2D eigenvalue weighted by Crippen LogP contribution is 2.24. The molecule has 13 heteroatoms. The minimum absolute atomic E-state index is 0.0796. The number of carbonyl (C=O) groups excluding carboxylic acids is 2. The molecule has 1 aliphatic rings. The number of allylic oxidation sites excluding steroid dienone is 14. The molecule has 0 radical (unpaired) electrons. The quantitative estimate of drug-likeness (QED) is 0.0201. The van der Waals surface area contributed by atoms with E-state index in [4.69, 9.17) is 18.9 Å². The Labute approximate surface area is 373 Å². The summed E-state index contributed by atoms with van der Waals surface area (Å²) in [7, 11) is -4.62. The third-order valence-electron chi connectivity index (χ3n) is 9.96. The summed E-state index contributed by atoms with van der Waals surface area (Å²) in [5.41, 5.74) is 0. The molecular formula is C49H80O12S. The van der Waals surface area contributed by atoms with Gasteiger partial charge in [0.25, 0.3) is 10.1 Å². The van der Waals surface area contributed by atoms with Crippen LogP contribution in [-0.2, 0) is 38.7 Å². The third-order valence-corrected chi connectivity index (χ3v) is 10.7. The molecule has 1 heterocycles. The highest BCUT2D eigenvalue weighted by atomic mass is 32.2. The average Bonchev–Trinajstić information content (AvgIpc) is 3.24. The van der Waals surface area contributed by atoms with Gasteiger partial charge in [0.05, 0.1) is 6.61 Å². The van der Waals surface area contributed by atoms with Crippen LogP contribution in [-0.4, -0.2) is 96.0 Å². The molecule has 4 N–H and O–H groups in total. The first-order valence-corrected chi connectivity index (χ1v) is 24.8. The average molecular weight is 893 g/mol. The SMILES string of the molecule is CC/C=C\C/C=C\C/C=C\C/C=C\C/C=C\CCCC(=O)OC(COC(=O)CCCCCCCCC/C=C\C/C=C\CCCCC)COC1OC(CS(=O)(=O)O)C(O)C(O)C1O. The van der Waals surface area contributed by atoms with E-state index in [0.717, 1.165) is 70.6 Å². The number of aliphatic hydroxyl groups is 3. The summed E-state index contributed by atoms with van der Waals surface area (Å²) < 4.78 is 54.0. The molecular weight excluding hydrogens is 813 g/mol. The van der Waals surface area contributed by atoms with Crippen molar-refractivity contribution in [2.24, 2.45) is 0 Å². The van der Waals surface area contributed by atoms with Crippen molar-refractivity contribution in [1.82, 2.24) is 0 Å². The van der Waals surface area contributed by atoms with Gasteiger partial charge < -0.3 is 34.3 Å². The Bertz CT molecular complexity index is 1460.